The second kappa shape index (κ2) is 20.4. The molecule has 3 N–H and O–H groups in total. The number of aliphatic hydroxyl groups excluding tert-OH is 1. The zero-order chi connectivity index (χ0) is 43.7. The predicted molar refractivity (Wildman–Crippen MR) is 237 cm³/mol. The summed E-state index contributed by atoms with van der Waals surface area (Å²) in [6.07, 6.45) is 1.93. The van der Waals surface area contributed by atoms with E-state index in [-0.39, 0.29) is 30.6 Å². The van der Waals surface area contributed by atoms with Gasteiger partial charge in [0.15, 0.2) is 5.65 Å². The minimum Gasteiger partial charge on any atom is -0.395 e. The van der Waals surface area contributed by atoms with Gasteiger partial charge in [-0.05, 0) is 49.4 Å². The first kappa shape index (κ1) is 43.6. The van der Waals surface area contributed by atoms with E-state index in [1.54, 1.807) is 18.2 Å². The third-order valence-corrected chi connectivity index (χ3v) is 11.7. The molecule has 16 heteroatoms. The smallest absolute Gasteiger partial charge is 0.264 e. The molecule has 0 bridgehead atoms. The molecule has 0 spiro atoms. The Labute approximate surface area is 366 Å². The Balaban J connectivity index is 0.747. The number of aryl methyl sites for hydroxylation is 2. The highest BCUT2D eigenvalue weighted by atomic mass is 16.5. The zero-order valence-corrected chi connectivity index (χ0v) is 35.6. The van der Waals surface area contributed by atoms with Crippen molar-refractivity contribution in [3.8, 4) is 22.4 Å². The van der Waals surface area contributed by atoms with Crippen molar-refractivity contribution in [3.63, 3.8) is 0 Å². The molecular formula is C47H54N8O8. The first-order chi connectivity index (χ1) is 30.8. The minimum absolute atomic E-state index is 0.0667. The van der Waals surface area contributed by atoms with Crippen LogP contribution in [-0.2, 0) is 30.2 Å². The van der Waals surface area contributed by atoms with E-state index in [1.807, 2.05) is 29.6 Å². The molecule has 2 saturated heterocycles. The lowest BCUT2D eigenvalue weighted by Crippen LogP contribution is -2.54. The second-order valence-corrected chi connectivity index (χ2v) is 15.9. The summed E-state index contributed by atoms with van der Waals surface area (Å²) >= 11 is 0. The van der Waals surface area contributed by atoms with Crippen LogP contribution in [-0.4, -0.2) is 145 Å². The van der Waals surface area contributed by atoms with E-state index < -0.39 is 29.7 Å². The van der Waals surface area contributed by atoms with Crippen molar-refractivity contribution in [2.24, 2.45) is 0 Å². The fourth-order valence-corrected chi connectivity index (χ4v) is 8.45. The van der Waals surface area contributed by atoms with Gasteiger partial charge in [-0.3, -0.25) is 34.3 Å². The summed E-state index contributed by atoms with van der Waals surface area (Å²) in [5.74, 6) is -1.13. The third-order valence-electron chi connectivity index (χ3n) is 11.7. The highest BCUT2D eigenvalue weighted by Crippen LogP contribution is 2.34. The highest BCUT2D eigenvalue weighted by molar-refractivity contribution is 6.25. The number of aromatic nitrogens is 3. The fraction of sp³-hybridized carbons (Fsp3) is 0.404. The number of carbonyl (C=O) groups excluding carboxylic acids is 4. The van der Waals surface area contributed by atoms with Crippen LogP contribution in [0.4, 0.5) is 11.5 Å². The van der Waals surface area contributed by atoms with Crippen LogP contribution in [0.15, 0.2) is 78.9 Å². The number of rotatable bonds is 20. The number of nitrogens with zero attached hydrogens (tertiary/aromatic N) is 6. The van der Waals surface area contributed by atoms with Gasteiger partial charge in [-0.2, -0.15) is 9.61 Å². The lowest BCUT2D eigenvalue weighted by molar-refractivity contribution is -0.136. The lowest BCUT2D eigenvalue weighted by Gasteiger charge is -2.35. The molecular weight excluding hydrogens is 805 g/mol. The van der Waals surface area contributed by atoms with E-state index >= 15 is 0 Å². The molecule has 1 atom stereocenters. The molecule has 16 nitrogen and oxygen atoms in total. The monoisotopic (exact) mass is 858 g/mol. The lowest BCUT2D eigenvalue weighted by atomic mass is 10.0. The Hall–Kier alpha value is -6.04. The molecule has 5 aromatic rings. The number of carbonyl (C=O) groups is 4. The van der Waals surface area contributed by atoms with Crippen LogP contribution in [0.5, 0.6) is 0 Å². The summed E-state index contributed by atoms with van der Waals surface area (Å²) in [6, 6.07) is 25.0. The number of piperazine rings is 1. The maximum absolute atomic E-state index is 13.3. The zero-order valence-electron chi connectivity index (χ0n) is 35.6. The number of anilines is 2. The van der Waals surface area contributed by atoms with E-state index in [1.165, 1.54) is 5.56 Å². The molecule has 3 aliphatic rings. The van der Waals surface area contributed by atoms with E-state index in [0.717, 1.165) is 83.5 Å². The Morgan fingerprint density at radius 1 is 0.794 bits per heavy atom. The molecule has 8 rings (SSSR count). The number of ether oxygens (including phenoxy) is 3. The van der Waals surface area contributed by atoms with Gasteiger partial charge in [0, 0.05) is 75.2 Å². The second-order valence-electron chi connectivity index (χ2n) is 15.9. The van der Waals surface area contributed by atoms with E-state index in [0.29, 0.717) is 58.4 Å². The number of fused-ring (bicyclic) bond motifs is 2. The first-order valence-corrected chi connectivity index (χ1v) is 21.8. The van der Waals surface area contributed by atoms with Crippen LogP contribution in [0, 0.1) is 6.92 Å². The quantitative estimate of drug-likeness (QED) is 0.0757. The SMILES string of the molecule is Cc1nn2c(N3CCN(CCO)CC3)cc(-c3ccc(CCCOCCOCCOCCNc4cccc5c4C(=O)N(C4CCC(=O)NC4=O)C5=O)cc3)nc2c1-c1ccccc1. The average molecular weight is 859 g/mol. The molecule has 5 heterocycles. The van der Waals surface area contributed by atoms with Gasteiger partial charge in [-0.25, -0.2) is 4.98 Å². The van der Waals surface area contributed by atoms with Gasteiger partial charge >= 0.3 is 0 Å². The molecule has 0 saturated carbocycles. The number of aliphatic hydroxyl groups is 1. The van der Waals surface area contributed by atoms with Crippen LogP contribution >= 0.6 is 0 Å². The van der Waals surface area contributed by atoms with E-state index in [4.69, 9.17) is 24.3 Å². The van der Waals surface area contributed by atoms with Gasteiger partial charge in [0.2, 0.25) is 11.8 Å². The molecule has 0 radical (unpaired) electrons. The summed E-state index contributed by atoms with van der Waals surface area (Å²) in [5, 5.41) is 19.8. The molecule has 4 amide bonds. The normalized spacial score (nSPS) is 16.9. The number of nitrogens with one attached hydrogen (secondary N) is 2. The van der Waals surface area contributed by atoms with Crippen molar-refractivity contribution in [2.75, 3.05) is 95.7 Å². The fourth-order valence-electron chi connectivity index (χ4n) is 8.45. The van der Waals surface area contributed by atoms with Gasteiger partial charge in [0.25, 0.3) is 11.8 Å². The molecule has 63 heavy (non-hydrogen) atoms. The van der Waals surface area contributed by atoms with Gasteiger partial charge in [0.05, 0.1) is 62.2 Å². The summed E-state index contributed by atoms with van der Waals surface area (Å²) in [6.45, 7) is 9.40. The van der Waals surface area contributed by atoms with Gasteiger partial charge in [0.1, 0.15) is 11.9 Å². The maximum Gasteiger partial charge on any atom is 0.264 e. The molecule has 2 fully saturated rings. The number of imide groups is 2. The van der Waals surface area contributed by atoms with Gasteiger partial charge in [-0.1, -0.05) is 60.7 Å². The maximum atomic E-state index is 13.3. The first-order valence-electron chi connectivity index (χ1n) is 21.8. The minimum atomic E-state index is -1.01. The number of hydrogen-bond acceptors (Lipinski definition) is 13. The number of β-amino-alcohol motifs (C(OH)–C–C–N with tert-alkyl or cyclic N) is 1. The van der Waals surface area contributed by atoms with Crippen molar-refractivity contribution in [1.29, 1.82) is 0 Å². The van der Waals surface area contributed by atoms with Crippen LogP contribution < -0.4 is 15.5 Å². The number of amides is 4. The van der Waals surface area contributed by atoms with Crippen LogP contribution in [0.2, 0.25) is 0 Å². The molecule has 1 unspecified atom stereocenters. The number of hydrogen-bond donors (Lipinski definition) is 3. The summed E-state index contributed by atoms with van der Waals surface area (Å²) in [4.78, 5) is 61.1. The molecule has 0 aliphatic carbocycles. The van der Waals surface area contributed by atoms with Crippen molar-refractivity contribution < 1.29 is 38.5 Å². The summed E-state index contributed by atoms with van der Waals surface area (Å²) < 4.78 is 19.2. The van der Waals surface area contributed by atoms with Gasteiger partial charge < -0.3 is 29.5 Å². The van der Waals surface area contributed by atoms with Gasteiger partial charge in [-0.15, -0.1) is 0 Å². The van der Waals surface area contributed by atoms with Crippen LogP contribution in [0.1, 0.15) is 51.2 Å². The molecule has 2 aromatic heterocycles. The Kier molecular flexibility index (Phi) is 14.1. The largest absolute Gasteiger partial charge is 0.395 e. The summed E-state index contributed by atoms with van der Waals surface area (Å²) in [5.41, 5.74) is 7.99. The van der Waals surface area contributed by atoms with Crippen molar-refractivity contribution in [1.82, 2.24) is 29.7 Å². The van der Waals surface area contributed by atoms with Crippen LogP contribution in [0.25, 0.3) is 28.0 Å². The van der Waals surface area contributed by atoms with Crippen molar-refractivity contribution in [3.05, 3.63) is 101 Å². The van der Waals surface area contributed by atoms with Crippen molar-refractivity contribution >= 4 is 40.8 Å². The molecule has 3 aromatic carbocycles. The third kappa shape index (κ3) is 9.95. The standard InChI is InChI=1S/C47H54N8O8/c1-32-42(35-8-3-2-4-9-35)44-49-38(31-41(55(44)51-32)53-21-19-52(20-22-53)23-24-56)34-14-12-33(13-15-34)7-6-25-61-27-29-63-30-28-62-26-18-48-37-11-5-10-36-43(37)47(60)54(46(36)59)39-16-17-40(57)50-45(39)58/h2-5,8-15,31,39,48,56H,6-7,16-30H2,1H3,(H,50,57,58). The topological polar surface area (TPSA) is 180 Å². The Morgan fingerprint density at radius 2 is 1.52 bits per heavy atom. The van der Waals surface area contributed by atoms with E-state index in [2.05, 4.69) is 62.9 Å². The van der Waals surface area contributed by atoms with Crippen molar-refractivity contribution in [2.45, 2.75) is 38.6 Å². The average Bonchev–Trinajstić information content (AvgIpc) is 3.77. The predicted octanol–water partition coefficient (Wildman–Crippen LogP) is 3.98. The number of benzene rings is 3. The van der Waals surface area contributed by atoms with E-state index in [9.17, 15) is 24.3 Å². The highest BCUT2D eigenvalue weighted by Gasteiger charge is 2.45. The number of piperidine rings is 1. The Bertz CT molecular complexity index is 2420. The molecule has 330 valence electrons. The molecule has 3 aliphatic heterocycles. The summed E-state index contributed by atoms with van der Waals surface area (Å²) in [7, 11) is 0. The van der Waals surface area contributed by atoms with Crippen LogP contribution in [0.3, 0.4) is 0 Å². The Morgan fingerprint density at radius 3 is 2.25 bits per heavy atom.